The molecule has 8 nitrogen and oxygen atoms in total. The minimum atomic E-state index is -4.77. The molecular formula is C23H44NO7P. The van der Waals surface area contributed by atoms with Gasteiger partial charge in [0, 0.05) is 6.42 Å². The van der Waals surface area contributed by atoms with E-state index < -0.39 is 25.9 Å². The summed E-state index contributed by atoms with van der Waals surface area (Å²) < 4.78 is 19.9. The van der Waals surface area contributed by atoms with Gasteiger partial charge in [-0.3, -0.25) is 9.32 Å². The van der Waals surface area contributed by atoms with Gasteiger partial charge in [-0.1, -0.05) is 70.4 Å². The van der Waals surface area contributed by atoms with Gasteiger partial charge in [0.15, 0.2) is 5.54 Å². The van der Waals surface area contributed by atoms with Crippen LogP contribution >= 0.6 is 7.82 Å². The molecule has 0 aliphatic carbocycles. The van der Waals surface area contributed by atoms with Crippen LogP contribution in [0.1, 0.15) is 104 Å². The van der Waals surface area contributed by atoms with Crippen molar-refractivity contribution in [3.63, 3.8) is 0 Å². The van der Waals surface area contributed by atoms with Gasteiger partial charge in [-0.05, 0) is 39.0 Å². The van der Waals surface area contributed by atoms with Crippen molar-refractivity contribution in [2.75, 3.05) is 13.7 Å². The van der Waals surface area contributed by atoms with Gasteiger partial charge in [-0.2, -0.15) is 0 Å². The van der Waals surface area contributed by atoms with Gasteiger partial charge in [0.25, 0.3) is 0 Å². The van der Waals surface area contributed by atoms with E-state index in [0.717, 1.165) is 39.2 Å². The molecule has 0 aromatic carbocycles. The molecule has 0 fully saturated rings. The van der Waals surface area contributed by atoms with Crippen LogP contribution in [0.2, 0.25) is 0 Å². The topological polar surface area (TPSA) is 122 Å². The highest BCUT2D eigenvalue weighted by Crippen LogP contribution is 2.36. The average Bonchev–Trinajstić information content (AvgIpc) is 2.74. The Hall–Kier alpha value is -1.21. The van der Waals surface area contributed by atoms with Crippen LogP contribution in [0, 0.1) is 0 Å². The third-order valence-electron chi connectivity index (χ3n) is 5.24. The van der Waals surface area contributed by atoms with Gasteiger partial charge in [-0.25, -0.2) is 9.36 Å². The van der Waals surface area contributed by atoms with Crippen LogP contribution in [-0.4, -0.2) is 40.9 Å². The summed E-state index contributed by atoms with van der Waals surface area (Å²) >= 11 is 0. The number of hydrogen-bond acceptors (Lipinski definition) is 5. The van der Waals surface area contributed by atoms with Crippen molar-refractivity contribution in [1.29, 1.82) is 0 Å². The molecule has 0 radical (unpaired) electrons. The summed E-state index contributed by atoms with van der Waals surface area (Å²) in [6.07, 6.45) is 19.9. The zero-order valence-corrected chi connectivity index (χ0v) is 21.0. The van der Waals surface area contributed by atoms with E-state index in [9.17, 15) is 14.2 Å². The number of methoxy groups -OCH3 is 1. The van der Waals surface area contributed by atoms with Gasteiger partial charge in [0.05, 0.1) is 13.7 Å². The van der Waals surface area contributed by atoms with Crippen LogP contribution in [-0.2, 0) is 23.4 Å². The molecule has 0 aliphatic rings. The minimum Gasteiger partial charge on any atom is -0.467 e. The molecule has 1 atom stereocenters. The van der Waals surface area contributed by atoms with Crippen LogP contribution in [0.5, 0.6) is 0 Å². The number of carbonyl (C=O) groups excluding carboxylic acids is 2. The Kier molecular flexibility index (Phi) is 17.6. The average molecular weight is 478 g/mol. The lowest BCUT2D eigenvalue weighted by atomic mass is 10.0. The largest absolute Gasteiger partial charge is 0.469 e. The summed E-state index contributed by atoms with van der Waals surface area (Å²) in [7, 11) is -3.64. The lowest BCUT2D eigenvalue weighted by Gasteiger charge is -2.27. The first-order valence-corrected chi connectivity index (χ1v) is 13.4. The molecule has 0 spiro atoms. The monoisotopic (exact) mass is 477 g/mol. The molecule has 0 aromatic rings. The molecule has 1 unspecified atom stereocenters. The second-order valence-electron chi connectivity index (χ2n) is 8.47. The zero-order valence-electron chi connectivity index (χ0n) is 20.1. The zero-order chi connectivity index (χ0) is 24.3. The second kappa shape index (κ2) is 18.2. The predicted octanol–water partition coefficient (Wildman–Crippen LogP) is 5.18. The molecule has 3 N–H and O–H groups in total. The minimum absolute atomic E-state index is 0.223. The van der Waals surface area contributed by atoms with Crippen molar-refractivity contribution >= 4 is 19.7 Å². The van der Waals surface area contributed by atoms with Crippen molar-refractivity contribution in [3.05, 3.63) is 12.2 Å². The number of phosphoric acid groups is 1. The maximum absolute atomic E-state index is 12.2. The van der Waals surface area contributed by atoms with Crippen molar-refractivity contribution in [2.24, 2.45) is 0 Å². The Bertz CT molecular complexity index is 591. The van der Waals surface area contributed by atoms with Crippen LogP contribution < -0.4 is 5.32 Å². The highest BCUT2D eigenvalue weighted by Gasteiger charge is 2.38. The van der Waals surface area contributed by atoms with Crippen molar-refractivity contribution in [1.82, 2.24) is 5.32 Å². The molecule has 0 saturated carbocycles. The maximum atomic E-state index is 12.2. The summed E-state index contributed by atoms with van der Waals surface area (Å²) in [6, 6.07) is 0. The Balaban J connectivity index is 3.87. The van der Waals surface area contributed by atoms with Gasteiger partial charge in [0.1, 0.15) is 0 Å². The number of hydrogen-bond donors (Lipinski definition) is 3. The SMILES string of the molecule is CCCCCCCC/C=C\CCCCCCCC(=O)NC(C)(COP(=O)(O)O)C(=O)OC. The number of unbranched alkanes of at least 4 members (excludes halogenated alkanes) is 11. The Morgan fingerprint density at radius 2 is 1.41 bits per heavy atom. The summed E-state index contributed by atoms with van der Waals surface area (Å²) in [5.41, 5.74) is -1.66. The van der Waals surface area contributed by atoms with E-state index in [4.69, 9.17) is 9.79 Å². The molecule has 0 heterocycles. The molecule has 0 aromatic heterocycles. The van der Waals surface area contributed by atoms with E-state index in [-0.39, 0.29) is 12.3 Å². The third kappa shape index (κ3) is 17.4. The number of rotatable bonds is 20. The Labute approximate surface area is 193 Å². The van der Waals surface area contributed by atoms with Crippen molar-refractivity contribution in [2.45, 2.75) is 109 Å². The Morgan fingerprint density at radius 1 is 0.906 bits per heavy atom. The summed E-state index contributed by atoms with van der Waals surface area (Å²) in [6.45, 7) is 2.87. The van der Waals surface area contributed by atoms with Crippen molar-refractivity contribution in [3.8, 4) is 0 Å². The molecular weight excluding hydrogens is 433 g/mol. The van der Waals surface area contributed by atoms with Crippen LogP contribution in [0.4, 0.5) is 0 Å². The lowest BCUT2D eigenvalue weighted by molar-refractivity contribution is -0.151. The fraction of sp³-hybridized carbons (Fsp3) is 0.826. The quantitative estimate of drug-likeness (QED) is 0.0955. The first-order valence-electron chi connectivity index (χ1n) is 11.9. The number of ether oxygens (including phenoxy) is 1. The second-order valence-corrected chi connectivity index (χ2v) is 9.71. The summed E-state index contributed by atoms with van der Waals surface area (Å²) in [4.78, 5) is 41.8. The number of nitrogens with one attached hydrogen (secondary N) is 1. The fourth-order valence-electron chi connectivity index (χ4n) is 3.31. The molecule has 0 bridgehead atoms. The molecule has 0 aliphatic heterocycles. The normalized spacial score (nSPS) is 13.8. The maximum Gasteiger partial charge on any atom is 0.469 e. The Morgan fingerprint density at radius 3 is 1.91 bits per heavy atom. The molecule has 0 saturated heterocycles. The van der Waals surface area contributed by atoms with Gasteiger partial charge in [-0.15, -0.1) is 0 Å². The van der Waals surface area contributed by atoms with Crippen LogP contribution in [0.25, 0.3) is 0 Å². The first-order chi connectivity index (χ1) is 15.1. The molecule has 1 amide bonds. The smallest absolute Gasteiger partial charge is 0.467 e. The fourth-order valence-corrected chi connectivity index (χ4v) is 3.74. The standard InChI is InChI=1S/C23H44NO7P/c1-4-5-6-7-8-9-10-11-12-13-14-15-16-17-18-19-21(25)24-23(2,22(26)30-3)20-31-32(27,28)29/h11-12H,4-10,13-20H2,1-3H3,(H,24,25)(H2,27,28,29)/b12-11-. The van der Waals surface area contributed by atoms with E-state index in [1.807, 2.05) is 0 Å². The van der Waals surface area contributed by atoms with E-state index in [2.05, 4.69) is 33.7 Å². The van der Waals surface area contributed by atoms with E-state index in [1.165, 1.54) is 51.9 Å². The van der Waals surface area contributed by atoms with E-state index in [0.29, 0.717) is 6.42 Å². The molecule has 188 valence electrons. The number of allylic oxidation sites excluding steroid dienone is 2. The highest BCUT2D eigenvalue weighted by atomic mass is 31.2. The number of amides is 1. The highest BCUT2D eigenvalue weighted by molar-refractivity contribution is 7.46. The number of esters is 1. The number of phosphoric ester groups is 1. The van der Waals surface area contributed by atoms with Gasteiger partial charge in [0.2, 0.25) is 5.91 Å². The number of carbonyl (C=O) groups is 2. The molecule has 32 heavy (non-hydrogen) atoms. The molecule has 0 rings (SSSR count). The van der Waals surface area contributed by atoms with E-state index >= 15 is 0 Å². The molecule has 9 heteroatoms. The van der Waals surface area contributed by atoms with Crippen LogP contribution in [0.3, 0.4) is 0 Å². The van der Waals surface area contributed by atoms with Crippen molar-refractivity contribution < 1.29 is 33.2 Å². The lowest BCUT2D eigenvalue weighted by Crippen LogP contribution is -2.55. The van der Waals surface area contributed by atoms with E-state index in [1.54, 1.807) is 0 Å². The van der Waals surface area contributed by atoms with Gasteiger partial charge >= 0.3 is 13.8 Å². The summed E-state index contributed by atoms with van der Waals surface area (Å²) in [5, 5.41) is 2.48. The van der Waals surface area contributed by atoms with Crippen LogP contribution in [0.15, 0.2) is 12.2 Å². The predicted molar refractivity (Wildman–Crippen MR) is 126 cm³/mol. The first kappa shape index (κ1) is 30.8. The van der Waals surface area contributed by atoms with Gasteiger partial charge < -0.3 is 19.8 Å². The third-order valence-corrected chi connectivity index (χ3v) is 5.70. The summed E-state index contributed by atoms with van der Waals surface area (Å²) in [5.74, 6) is -1.21.